The van der Waals surface area contributed by atoms with E-state index >= 15 is 0 Å². The molecule has 0 radical (unpaired) electrons. The lowest BCUT2D eigenvalue weighted by molar-refractivity contribution is -0.385. The third kappa shape index (κ3) is 4.07. The van der Waals surface area contributed by atoms with Crippen LogP contribution in [-0.4, -0.2) is 30.4 Å². The van der Waals surface area contributed by atoms with Gasteiger partial charge in [-0.3, -0.25) is 14.9 Å². The van der Waals surface area contributed by atoms with Gasteiger partial charge >= 0.3 is 6.18 Å². The maximum absolute atomic E-state index is 12.9. The first-order chi connectivity index (χ1) is 14.0. The lowest BCUT2D eigenvalue weighted by Gasteiger charge is -2.11. The van der Waals surface area contributed by atoms with Crippen molar-refractivity contribution in [2.75, 3.05) is 5.32 Å². The molecular formula is C18H17F3N6O3. The summed E-state index contributed by atoms with van der Waals surface area (Å²) in [6.45, 7) is 4.73. The topological polar surface area (TPSA) is 115 Å². The monoisotopic (exact) mass is 422 g/mol. The molecule has 0 atom stereocenters. The lowest BCUT2D eigenvalue weighted by atomic mass is 10.1. The molecule has 158 valence electrons. The van der Waals surface area contributed by atoms with E-state index in [2.05, 4.69) is 20.4 Å². The molecule has 2 aromatic heterocycles. The molecule has 1 amide bonds. The summed E-state index contributed by atoms with van der Waals surface area (Å²) in [5, 5.41) is 17.1. The summed E-state index contributed by atoms with van der Waals surface area (Å²) in [4.78, 5) is 30.3. The summed E-state index contributed by atoms with van der Waals surface area (Å²) in [6, 6.07) is 4.36. The highest BCUT2D eigenvalue weighted by Gasteiger charge is 2.37. The van der Waals surface area contributed by atoms with E-state index in [0.717, 1.165) is 4.52 Å². The number of nitro benzene ring substituents is 1. The first-order valence-corrected chi connectivity index (χ1v) is 8.83. The molecule has 1 N–H and O–H groups in total. The van der Waals surface area contributed by atoms with Crippen molar-refractivity contribution in [1.29, 1.82) is 0 Å². The Morgan fingerprint density at radius 2 is 1.93 bits per heavy atom. The van der Waals surface area contributed by atoms with E-state index in [4.69, 9.17) is 0 Å². The number of rotatable bonds is 5. The highest BCUT2D eigenvalue weighted by molar-refractivity contribution is 5.92. The third-order valence-electron chi connectivity index (χ3n) is 4.68. The molecular weight excluding hydrogens is 405 g/mol. The second kappa shape index (κ2) is 7.69. The number of nitrogens with zero attached hydrogens (tertiary/aromatic N) is 5. The van der Waals surface area contributed by atoms with Gasteiger partial charge < -0.3 is 5.32 Å². The van der Waals surface area contributed by atoms with E-state index in [1.165, 1.54) is 19.1 Å². The zero-order chi connectivity index (χ0) is 22.2. The Balaban J connectivity index is 1.79. The number of fused-ring (bicyclic) bond motifs is 1. The van der Waals surface area contributed by atoms with E-state index in [1.54, 1.807) is 19.9 Å². The molecule has 0 fully saturated rings. The number of alkyl halides is 3. The Hall–Kier alpha value is -3.57. The normalized spacial score (nSPS) is 11.7. The van der Waals surface area contributed by atoms with Crippen molar-refractivity contribution in [1.82, 2.24) is 19.6 Å². The number of anilines is 1. The van der Waals surface area contributed by atoms with E-state index in [0.29, 0.717) is 28.2 Å². The maximum Gasteiger partial charge on any atom is 0.453 e. The number of halogens is 3. The highest BCUT2D eigenvalue weighted by atomic mass is 19.4. The summed E-state index contributed by atoms with van der Waals surface area (Å²) < 4.78 is 39.6. The second-order valence-electron chi connectivity index (χ2n) is 6.66. The molecule has 3 rings (SSSR count). The van der Waals surface area contributed by atoms with Crippen molar-refractivity contribution in [2.24, 2.45) is 0 Å². The molecule has 0 spiro atoms. The Labute approximate surface area is 168 Å². The lowest BCUT2D eigenvalue weighted by Crippen LogP contribution is -2.15. The van der Waals surface area contributed by atoms with Crippen LogP contribution in [0.4, 0.5) is 24.5 Å². The molecule has 0 bridgehead atoms. The highest BCUT2D eigenvalue weighted by Crippen LogP contribution is 2.28. The zero-order valence-electron chi connectivity index (χ0n) is 16.2. The Kier molecular flexibility index (Phi) is 5.42. The predicted molar refractivity (Wildman–Crippen MR) is 100 cm³/mol. The first kappa shape index (κ1) is 21.1. The molecule has 0 aliphatic carbocycles. The first-order valence-electron chi connectivity index (χ1n) is 8.83. The Bertz CT molecular complexity index is 1160. The predicted octanol–water partition coefficient (Wildman–Crippen LogP) is 3.55. The number of aromatic nitrogens is 4. The van der Waals surface area contributed by atoms with Gasteiger partial charge in [0.15, 0.2) is 0 Å². The minimum Gasteiger partial charge on any atom is -0.326 e. The minimum absolute atomic E-state index is 0.00216. The van der Waals surface area contributed by atoms with Gasteiger partial charge in [-0.25, -0.2) is 9.50 Å². The van der Waals surface area contributed by atoms with Crippen LogP contribution in [0.5, 0.6) is 0 Å². The molecule has 1 aromatic carbocycles. The zero-order valence-corrected chi connectivity index (χ0v) is 16.2. The molecule has 30 heavy (non-hydrogen) atoms. The smallest absolute Gasteiger partial charge is 0.326 e. The largest absolute Gasteiger partial charge is 0.453 e. The Morgan fingerprint density at radius 3 is 2.57 bits per heavy atom. The van der Waals surface area contributed by atoms with E-state index in [9.17, 15) is 28.1 Å². The van der Waals surface area contributed by atoms with Crippen LogP contribution < -0.4 is 5.32 Å². The summed E-state index contributed by atoms with van der Waals surface area (Å²) in [5.74, 6) is -1.85. The van der Waals surface area contributed by atoms with Crippen LogP contribution in [0, 0.1) is 30.9 Å². The molecule has 9 nitrogen and oxygen atoms in total. The summed E-state index contributed by atoms with van der Waals surface area (Å²) in [6.07, 6.45) is -4.50. The molecule has 0 unspecified atom stereocenters. The average molecular weight is 422 g/mol. The average Bonchev–Trinajstić information content (AvgIpc) is 3.07. The minimum atomic E-state index is -4.69. The number of benzene rings is 1. The number of hydrogen-bond acceptors (Lipinski definition) is 6. The van der Waals surface area contributed by atoms with E-state index < -0.39 is 22.8 Å². The van der Waals surface area contributed by atoms with Gasteiger partial charge in [-0.05, 0) is 38.8 Å². The fraction of sp³-hybridized carbons (Fsp3) is 0.333. The maximum atomic E-state index is 12.9. The SMILES string of the molecule is Cc1nc2nc(C(F)(F)F)nn2c(C)c1CCC(=O)Nc1cccc([N+](=O)[O-])c1C. The van der Waals surface area contributed by atoms with Crippen LogP contribution in [0.1, 0.15) is 34.8 Å². The van der Waals surface area contributed by atoms with Crippen LogP contribution in [-0.2, 0) is 17.4 Å². The van der Waals surface area contributed by atoms with Gasteiger partial charge in [0, 0.05) is 23.9 Å². The van der Waals surface area contributed by atoms with Crippen molar-refractivity contribution in [3.63, 3.8) is 0 Å². The van der Waals surface area contributed by atoms with Gasteiger partial charge in [0.1, 0.15) is 0 Å². The van der Waals surface area contributed by atoms with Gasteiger partial charge in [0.2, 0.25) is 5.91 Å². The van der Waals surface area contributed by atoms with Crippen LogP contribution in [0.15, 0.2) is 18.2 Å². The van der Waals surface area contributed by atoms with E-state index in [-0.39, 0.29) is 24.3 Å². The number of carbonyl (C=O) groups is 1. The number of nitrogens with one attached hydrogen (secondary N) is 1. The van der Waals surface area contributed by atoms with Crippen LogP contribution in [0.3, 0.4) is 0 Å². The summed E-state index contributed by atoms with van der Waals surface area (Å²) in [5.41, 5.74) is 1.96. The number of carbonyl (C=O) groups excluding carboxylic acids is 1. The molecule has 0 aliphatic heterocycles. The van der Waals surface area contributed by atoms with Crippen molar-refractivity contribution in [3.8, 4) is 0 Å². The molecule has 0 aliphatic rings. The molecule has 3 aromatic rings. The van der Waals surface area contributed by atoms with Gasteiger partial charge in [0.25, 0.3) is 17.3 Å². The van der Waals surface area contributed by atoms with Crippen molar-refractivity contribution < 1.29 is 22.9 Å². The van der Waals surface area contributed by atoms with Gasteiger partial charge in [-0.15, -0.1) is 5.10 Å². The Morgan fingerprint density at radius 1 is 1.23 bits per heavy atom. The number of nitro groups is 1. The van der Waals surface area contributed by atoms with Gasteiger partial charge in [0.05, 0.1) is 16.2 Å². The van der Waals surface area contributed by atoms with E-state index in [1.807, 2.05) is 0 Å². The summed E-state index contributed by atoms with van der Waals surface area (Å²) in [7, 11) is 0. The van der Waals surface area contributed by atoms with Crippen LogP contribution >= 0.6 is 0 Å². The van der Waals surface area contributed by atoms with Crippen molar-refractivity contribution in [2.45, 2.75) is 39.8 Å². The third-order valence-corrected chi connectivity index (χ3v) is 4.68. The van der Waals surface area contributed by atoms with Gasteiger partial charge in [-0.1, -0.05) is 6.07 Å². The number of amides is 1. The fourth-order valence-electron chi connectivity index (χ4n) is 3.10. The fourth-order valence-corrected chi connectivity index (χ4v) is 3.10. The quantitative estimate of drug-likeness (QED) is 0.497. The standard InChI is InChI=1S/C18H17F3N6O3/c1-9-13(5-4-6-14(9)27(29)30)23-15(28)8-7-12-10(2)22-17-24-16(18(19,20)21)25-26(17)11(12)3/h4-6H,7-8H2,1-3H3,(H,23,28). The van der Waals surface area contributed by atoms with Crippen molar-refractivity contribution >= 4 is 23.1 Å². The summed E-state index contributed by atoms with van der Waals surface area (Å²) >= 11 is 0. The number of hydrogen-bond donors (Lipinski definition) is 1. The van der Waals surface area contributed by atoms with Gasteiger partial charge in [-0.2, -0.15) is 18.2 Å². The molecule has 12 heteroatoms. The molecule has 0 saturated heterocycles. The van der Waals surface area contributed by atoms with Crippen LogP contribution in [0.2, 0.25) is 0 Å². The van der Waals surface area contributed by atoms with Crippen molar-refractivity contribution in [3.05, 3.63) is 56.7 Å². The number of aryl methyl sites for hydroxylation is 2. The molecule has 0 saturated carbocycles. The second-order valence-corrected chi connectivity index (χ2v) is 6.66. The molecule has 2 heterocycles. The van der Waals surface area contributed by atoms with Crippen LogP contribution in [0.25, 0.3) is 5.78 Å².